The van der Waals surface area contributed by atoms with Crippen molar-refractivity contribution in [1.82, 2.24) is 10.3 Å². The van der Waals surface area contributed by atoms with Crippen LogP contribution >= 0.6 is 0 Å². The van der Waals surface area contributed by atoms with Gasteiger partial charge >= 0.3 is 5.97 Å². The standard InChI is InChI=1S/C22H19FN2O3/c23-19-7-3-1-5-16(19)13-14-24-21(26)15-28-22(27)12-11-18-10-9-17-6-2-4-8-20(17)25-18/h1-12H,13-15H2,(H,24,26)/b12-11+. The van der Waals surface area contributed by atoms with Gasteiger partial charge in [0, 0.05) is 18.0 Å². The molecule has 0 radical (unpaired) electrons. The summed E-state index contributed by atoms with van der Waals surface area (Å²) in [4.78, 5) is 27.9. The van der Waals surface area contributed by atoms with Crippen molar-refractivity contribution in [2.24, 2.45) is 0 Å². The van der Waals surface area contributed by atoms with Crippen LogP contribution in [-0.2, 0) is 20.7 Å². The summed E-state index contributed by atoms with van der Waals surface area (Å²) in [6.45, 7) is -0.139. The molecule has 0 fully saturated rings. The zero-order valence-corrected chi connectivity index (χ0v) is 15.1. The average Bonchev–Trinajstić information content (AvgIpc) is 2.72. The summed E-state index contributed by atoms with van der Waals surface area (Å²) in [6.07, 6.45) is 3.12. The molecule has 0 spiro atoms. The predicted octanol–water partition coefficient (Wildman–Crippen LogP) is 3.29. The van der Waals surface area contributed by atoms with Crippen LogP contribution < -0.4 is 5.32 Å². The van der Waals surface area contributed by atoms with E-state index in [0.29, 0.717) is 17.7 Å². The van der Waals surface area contributed by atoms with Crippen molar-refractivity contribution in [2.75, 3.05) is 13.2 Å². The monoisotopic (exact) mass is 378 g/mol. The van der Waals surface area contributed by atoms with Gasteiger partial charge in [-0.25, -0.2) is 14.2 Å². The van der Waals surface area contributed by atoms with Gasteiger partial charge in [0.25, 0.3) is 5.91 Å². The number of fused-ring (bicyclic) bond motifs is 1. The quantitative estimate of drug-likeness (QED) is 0.506. The van der Waals surface area contributed by atoms with Crippen LogP contribution in [-0.4, -0.2) is 30.0 Å². The highest BCUT2D eigenvalue weighted by Gasteiger charge is 2.06. The minimum absolute atomic E-state index is 0.258. The first-order valence-electron chi connectivity index (χ1n) is 8.82. The molecule has 0 aliphatic heterocycles. The highest BCUT2D eigenvalue weighted by Crippen LogP contribution is 2.12. The number of esters is 1. The van der Waals surface area contributed by atoms with Crippen molar-refractivity contribution >= 4 is 28.9 Å². The number of nitrogens with one attached hydrogen (secondary N) is 1. The number of para-hydroxylation sites is 1. The molecule has 6 heteroatoms. The van der Waals surface area contributed by atoms with Gasteiger partial charge in [-0.05, 0) is 36.3 Å². The minimum Gasteiger partial charge on any atom is -0.452 e. The van der Waals surface area contributed by atoms with Crippen molar-refractivity contribution in [2.45, 2.75) is 6.42 Å². The Morgan fingerprint density at radius 2 is 1.82 bits per heavy atom. The van der Waals surface area contributed by atoms with E-state index in [1.54, 1.807) is 24.3 Å². The normalized spacial score (nSPS) is 10.9. The van der Waals surface area contributed by atoms with Crippen molar-refractivity contribution in [1.29, 1.82) is 0 Å². The summed E-state index contributed by atoms with van der Waals surface area (Å²) < 4.78 is 18.4. The SMILES string of the molecule is O=C(COC(=O)/C=C/c1ccc2ccccc2n1)NCCc1ccccc1F. The van der Waals surface area contributed by atoms with E-state index in [4.69, 9.17) is 4.74 Å². The first kappa shape index (κ1) is 19.2. The van der Waals surface area contributed by atoms with Gasteiger partial charge in [-0.2, -0.15) is 0 Å². The highest BCUT2D eigenvalue weighted by atomic mass is 19.1. The number of carbonyl (C=O) groups is 2. The molecule has 0 unspecified atom stereocenters. The molecule has 0 bridgehead atoms. The maximum absolute atomic E-state index is 13.5. The smallest absolute Gasteiger partial charge is 0.331 e. The van der Waals surface area contributed by atoms with Crippen molar-refractivity contribution < 1.29 is 18.7 Å². The summed E-state index contributed by atoms with van der Waals surface area (Å²) in [5.41, 5.74) is 1.96. The fourth-order valence-electron chi connectivity index (χ4n) is 2.60. The lowest BCUT2D eigenvalue weighted by atomic mass is 10.1. The van der Waals surface area contributed by atoms with Crippen LogP contribution in [0.5, 0.6) is 0 Å². The number of benzene rings is 2. The molecule has 3 rings (SSSR count). The lowest BCUT2D eigenvalue weighted by Gasteiger charge is -2.06. The van der Waals surface area contributed by atoms with Gasteiger partial charge in [0.1, 0.15) is 5.82 Å². The minimum atomic E-state index is -0.640. The highest BCUT2D eigenvalue weighted by molar-refractivity contribution is 5.89. The fourth-order valence-corrected chi connectivity index (χ4v) is 2.60. The molecule has 142 valence electrons. The van der Waals surface area contributed by atoms with E-state index >= 15 is 0 Å². The lowest BCUT2D eigenvalue weighted by molar-refractivity contribution is -0.143. The topological polar surface area (TPSA) is 68.3 Å². The molecular formula is C22H19FN2O3. The van der Waals surface area contributed by atoms with Crippen LogP contribution in [0.3, 0.4) is 0 Å². The third kappa shape index (κ3) is 5.48. The Kier molecular flexibility index (Phi) is 6.46. The fraction of sp³-hybridized carbons (Fsp3) is 0.136. The Morgan fingerprint density at radius 3 is 2.68 bits per heavy atom. The van der Waals surface area contributed by atoms with Crippen molar-refractivity contribution in [3.8, 4) is 0 Å². The van der Waals surface area contributed by atoms with E-state index in [9.17, 15) is 14.0 Å². The Bertz CT molecular complexity index is 1020. The molecule has 0 saturated carbocycles. The van der Waals surface area contributed by atoms with Crippen LogP contribution in [0.1, 0.15) is 11.3 Å². The average molecular weight is 378 g/mol. The third-order valence-corrected chi connectivity index (χ3v) is 4.03. The van der Waals surface area contributed by atoms with E-state index in [0.717, 1.165) is 10.9 Å². The third-order valence-electron chi connectivity index (χ3n) is 4.03. The van der Waals surface area contributed by atoms with Gasteiger partial charge in [0.15, 0.2) is 6.61 Å². The van der Waals surface area contributed by atoms with Crippen LogP contribution in [0, 0.1) is 5.82 Å². The zero-order chi connectivity index (χ0) is 19.8. The maximum atomic E-state index is 13.5. The first-order valence-corrected chi connectivity index (χ1v) is 8.82. The first-order chi connectivity index (χ1) is 13.6. The van der Waals surface area contributed by atoms with Crippen LogP contribution in [0.2, 0.25) is 0 Å². The Hall–Kier alpha value is -3.54. The van der Waals surface area contributed by atoms with Crippen molar-refractivity contribution in [3.63, 3.8) is 0 Å². The summed E-state index contributed by atoms with van der Waals surface area (Å²) in [5, 5.41) is 3.60. The number of pyridine rings is 1. The summed E-state index contributed by atoms with van der Waals surface area (Å²) in [7, 11) is 0. The second-order valence-electron chi connectivity index (χ2n) is 6.06. The second-order valence-corrected chi connectivity index (χ2v) is 6.06. The molecule has 5 nitrogen and oxygen atoms in total. The molecule has 0 aliphatic carbocycles. The summed E-state index contributed by atoms with van der Waals surface area (Å²) >= 11 is 0. The van der Waals surface area contributed by atoms with Gasteiger partial charge in [-0.1, -0.05) is 42.5 Å². The molecular weight excluding hydrogens is 359 g/mol. The van der Waals surface area contributed by atoms with E-state index in [2.05, 4.69) is 10.3 Å². The van der Waals surface area contributed by atoms with Crippen LogP contribution in [0.25, 0.3) is 17.0 Å². The molecule has 0 saturated heterocycles. The molecule has 1 aromatic heterocycles. The molecule has 1 N–H and O–H groups in total. The number of rotatable bonds is 7. The molecule has 0 atom stereocenters. The lowest BCUT2D eigenvalue weighted by Crippen LogP contribution is -2.30. The number of ether oxygens (including phenoxy) is 1. The number of carbonyl (C=O) groups excluding carboxylic acids is 2. The van der Waals surface area contributed by atoms with Gasteiger partial charge in [-0.3, -0.25) is 4.79 Å². The Balaban J connectivity index is 1.42. The van der Waals surface area contributed by atoms with E-state index in [-0.39, 0.29) is 12.4 Å². The van der Waals surface area contributed by atoms with E-state index in [1.807, 2.05) is 30.3 Å². The molecule has 1 heterocycles. The number of aromatic nitrogens is 1. The van der Waals surface area contributed by atoms with Crippen LogP contribution in [0.4, 0.5) is 4.39 Å². The summed E-state index contributed by atoms with van der Waals surface area (Å²) in [6, 6.07) is 17.7. The molecule has 2 aromatic carbocycles. The van der Waals surface area contributed by atoms with Gasteiger partial charge in [0.2, 0.25) is 0 Å². The van der Waals surface area contributed by atoms with Crippen LogP contribution in [0.15, 0.2) is 66.7 Å². The predicted molar refractivity (Wildman–Crippen MR) is 105 cm³/mol. The largest absolute Gasteiger partial charge is 0.452 e. The maximum Gasteiger partial charge on any atom is 0.331 e. The molecule has 0 aliphatic rings. The Labute approximate surface area is 161 Å². The Morgan fingerprint density at radius 1 is 1.04 bits per heavy atom. The molecule has 1 amide bonds. The molecule has 3 aromatic rings. The number of nitrogens with zero attached hydrogens (tertiary/aromatic N) is 1. The summed E-state index contributed by atoms with van der Waals surface area (Å²) in [5.74, 6) is -1.39. The van der Waals surface area contributed by atoms with Crippen molar-refractivity contribution in [3.05, 3.63) is 83.8 Å². The second kappa shape index (κ2) is 9.41. The number of halogens is 1. The van der Waals surface area contributed by atoms with Gasteiger partial charge < -0.3 is 10.1 Å². The van der Waals surface area contributed by atoms with E-state index < -0.39 is 18.5 Å². The number of hydrogen-bond donors (Lipinski definition) is 1. The van der Waals surface area contributed by atoms with E-state index in [1.165, 1.54) is 18.2 Å². The number of amides is 1. The zero-order valence-electron chi connectivity index (χ0n) is 15.1. The number of hydrogen-bond acceptors (Lipinski definition) is 4. The van der Waals surface area contributed by atoms with Gasteiger partial charge in [0.05, 0.1) is 11.2 Å². The van der Waals surface area contributed by atoms with Gasteiger partial charge in [-0.15, -0.1) is 0 Å². The molecule has 28 heavy (non-hydrogen) atoms.